The maximum atomic E-state index is 11.0. The standard InChI is InChI=1S/C13H19N3O/c1-15-7-2-8-16(10-9-15)12-5-3-11(4-6-12)13(14)17/h3-6H,2,7-10H2,1H3,(H2,14,17). The second-order valence-corrected chi connectivity index (χ2v) is 4.56. The molecule has 0 aromatic heterocycles. The minimum absolute atomic E-state index is 0.368. The maximum absolute atomic E-state index is 11.0. The first-order valence-electron chi connectivity index (χ1n) is 6.00. The molecule has 92 valence electrons. The average molecular weight is 233 g/mol. The molecule has 1 aromatic carbocycles. The number of primary amides is 1. The van der Waals surface area contributed by atoms with Gasteiger partial charge >= 0.3 is 0 Å². The van der Waals surface area contributed by atoms with E-state index in [1.54, 1.807) is 12.1 Å². The fourth-order valence-electron chi connectivity index (χ4n) is 2.14. The second kappa shape index (κ2) is 5.19. The molecule has 1 fully saturated rings. The van der Waals surface area contributed by atoms with Gasteiger partial charge in [-0.15, -0.1) is 0 Å². The molecule has 4 heteroatoms. The van der Waals surface area contributed by atoms with Crippen LogP contribution in [0.25, 0.3) is 0 Å². The van der Waals surface area contributed by atoms with Gasteiger partial charge in [-0.05, 0) is 44.3 Å². The monoisotopic (exact) mass is 233 g/mol. The van der Waals surface area contributed by atoms with Crippen LogP contribution in [0.5, 0.6) is 0 Å². The van der Waals surface area contributed by atoms with Crippen molar-refractivity contribution >= 4 is 11.6 Å². The van der Waals surface area contributed by atoms with Crippen molar-refractivity contribution in [2.75, 3.05) is 38.1 Å². The summed E-state index contributed by atoms with van der Waals surface area (Å²) < 4.78 is 0. The van der Waals surface area contributed by atoms with Gasteiger partial charge in [-0.2, -0.15) is 0 Å². The molecule has 1 amide bonds. The molecule has 1 saturated heterocycles. The molecule has 0 unspecified atom stereocenters. The van der Waals surface area contributed by atoms with Crippen LogP contribution in [0.4, 0.5) is 5.69 Å². The number of carbonyl (C=O) groups is 1. The normalized spacial score (nSPS) is 17.8. The number of nitrogens with two attached hydrogens (primary N) is 1. The average Bonchev–Trinajstić information content (AvgIpc) is 2.54. The van der Waals surface area contributed by atoms with Crippen LogP contribution in [0, 0.1) is 0 Å². The van der Waals surface area contributed by atoms with Crippen molar-refractivity contribution in [3.8, 4) is 0 Å². The van der Waals surface area contributed by atoms with Gasteiger partial charge in [-0.25, -0.2) is 0 Å². The Bertz CT molecular complexity index is 388. The first-order valence-corrected chi connectivity index (χ1v) is 6.00. The molecule has 0 atom stereocenters. The van der Waals surface area contributed by atoms with E-state index in [-0.39, 0.29) is 5.91 Å². The SMILES string of the molecule is CN1CCCN(c2ccc(C(N)=O)cc2)CC1. The van der Waals surface area contributed by atoms with Gasteiger partial charge in [0.05, 0.1) is 0 Å². The number of carbonyl (C=O) groups excluding carboxylic acids is 1. The lowest BCUT2D eigenvalue weighted by Gasteiger charge is -2.22. The van der Waals surface area contributed by atoms with Crippen LogP contribution in [0.2, 0.25) is 0 Å². The van der Waals surface area contributed by atoms with Gasteiger partial charge in [0.1, 0.15) is 0 Å². The van der Waals surface area contributed by atoms with Crippen molar-refractivity contribution in [3.63, 3.8) is 0 Å². The molecular formula is C13H19N3O. The Hall–Kier alpha value is -1.55. The number of likely N-dealkylation sites (N-methyl/N-ethyl adjacent to an activating group) is 1. The van der Waals surface area contributed by atoms with E-state index in [9.17, 15) is 4.79 Å². The van der Waals surface area contributed by atoms with Crippen molar-refractivity contribution in [2.45, 2.75) is 6.42 Å². The van der Waals surface area contributed by atoms with E-state index >= 15 is 0 Å². The molecule has 1 heterocycles. The van der Waals surface area contributed by atoms with E-state index in [4.69, 9.17) is 5.73 Å². The lowest BCUT2D eigenvalue weighted by atomic mass is 10.2. The zero-order chi connectivity index (χ0) is 12.3. The van der Waals surface area contributed by atoms with Crippen LogP contribution in [-0.2, 0) is 0 Å². The molecular weight excluding hydrogens is 214 g/mol. The summed E-state index contributed by atoms with van der Waals surface area (Å²) in [6, 6.07) is 7.55. The summed E-state index contributed by atoms with van der Waals surface area (Å²) in [4.78, 5) is 15.7. The third-order valence-electron chi connectivity index (χ3n) is 3.24. The minimum atomic E-state index is -0.368. The summed E-state index contributed by atoms with van der Waals surface area (Å²) >= 11 is 0. The highest BCUT2D eigenvalue weighted by molar-refractivity contribution is 5.93. The first-order chi connectivity index (χ1) is 8.16. The Morgan fingerprint density at radius 2 is 1.82 bits per heavy atom. The van der Waals surface area contributed by atoms with Gasteiger partial charge in [0.2, 0.25) is 5.91 Å². The Morgan fingerprint density at radius 1 is 1.12 bits per heavy atom. The van der Waals surface area contributed by atoms with Gasteiger partial charge in [0.15, 0.2) is 0 Å². The number of hydrogen-bond acceptors (Lipinski definition) is 3. The van der Waals surface area contributed by atoms with E-state index in [0.717, 1.165) is 26.2 Å². The van der Waals surface area contributed by atoms with Crippen LogP contribution in [0.15, 0.2) is 24.3 Å². The molecule has 0 bridgehead atoms. The number of hydrogen-bond donors (Lipinski definition) is 1. The molecule has 1 aliphatic rings. The lowest BCUT2D eigenvalue weighted by Crippen LogP contribution is -2.28. The van der Waals surface area contributed by atoms with Gasteiger partial charge in [-0.3, -0.25) is 4.79 Å². The van der Waals surface area contributed by atoms with Crippen LogP contribution >= 0.6 is 0 Å². The first kappa shape index (κ1) is 11.9. The Morgan fingerprint density at radius 3 is 2.47 bits per heavy atom. The van der Waals surface area contributed by atoms with E-state index in [1.165, 1.54) is 12.1 Å². The van der Waals surface area contributed by atoms with Crippen LogP contribution in [-0.4, -0.2) is 44.0 Å². The van der Waals surface area contributed by atoms with Crippen LogP contribution in [0.3, 0.4) is 0 Å². The highest BCUT2D eigenvalue weighted by Gasteiger charge is 2.12. The largest absolute Gasteiger partial charge is 0.370 e. The summed E-state index contributed by atoms with van der Waals surface area (Å²) in [6.45, 7) is 4.33. The van der Waals surface area contributed by atoms with E-state index in [2.05, 4.69) is 16.8 Å². The summed E-state index contributed by atoms with van der Waals surface area (Å²) in [5.74, 6) is -0.368. The smallest absolute Gasteiger partial charge is 0.248 e. The summed E-state index contributed by atoms with van der Waals surface area (Å²) in [5, 5.41) is 0. The van der Waals surface area contributed by atoms with Gasteiger partial charge in [0.25, 0.3) is 0 Å². The number of anilines is 1. The fourth-order valence-corrected chi connectivity index (χ4v) is 2.14. The molecule has 0 aliphatic carbocycles. The lowest BCUT2D eigenvalue weighted by molar-refractivity contribution is 0.100. The second-order valence-electron chi connectivity index (χ2n) is 4.56. The molecule has 0 spiro atoms. The molecule has 2 N–H and O–H groups in total. The maximum Gasteiger partial charge on any atom is 0.248 e. The quantitative estimate of drug-likeness (QED) is 0.826. The topological polar surface area (TPSA) is 49.6 Å². The minimum Gasteiger partial charge on any atom is -0.370 e. The van der Waals surface area contributed by atoms with E-state index in [1.807, 2.05) is 12.1 Å². The molecule has 17 heavy (non-hydrogen) atoms. The molecule has 4 nitrogen and oxygen atoms in total. The predicted octanol–water partition coefficient (Wildman–Crippen LogP) is 0.927. The third kappa shape index (κ3) is 2.97. The number of nitrogens with zero attached hydrogens (tertiary/aromatic N) is 2. The van der Waals surface area contributed by atoms with Gasteiger partial charge < -0.3 is 15.5 Å². The zero-order valence-corrected chi connectivity index (χ0v) is 10.2. The Labute approximate surface area is 102 Å². The molecule has 0 radical (unpaired) electrons. The fraction of sp³-hybridized carbons (Fsp3) is 0.462. The van der Waals surface area contributed by atoms with Gasteiger partial charge in [-0.1, -0.05) is 0 Å². The molecule has 0 saturated carbocycles. The Balaban J connectivity index is 2.08. The summed E-state index contributed by atoms with van der Waals surface area (Å²) in [7, 11) is 2.15. The van der Waals surface area contributed by atoms with Crippen LogP contribution in [0.1, 0.15) is 16.8 Å². The third-order valence-corrected chi connectivity index (χ3v) is 3.24. The molecule has 1 aromatic rings. The zero-order valence-electron chi connectivity index (χ0n) is 10.2. The Kier molecular flexibility index (Phi) is 3.64. The predicted molar refractivity (Wildman–Crippen MR) is 69.3 cm³/mol. The van der Waals surface area contributed by atoms with Crippen molar-refractivity contribution in [3.05, 3.63) is 29.8 Å². The van der Waals surface area contributed by atoms with Gasteiger partial charge in [0, 0.05) is 30.9 Å². The number of amides is 1. The van der Waals surface area contributed by atoms with E-state index in [0.29, 0.717) is 5.56 Å². The van der Waals surface area contributed by atoms with Crippen molar-refractivity contribution in [1.82, 2.24) is 4.90 Å². The van der Waals surface area contributed by atoms with Crippen LogP contribution < -0.4 is 10.6 Å². The van der Waals surface area contributed by atoms with Crippen molar-refractivity contribution in [1.29, 1.82) is 0 Å². The van der Waals surface area contributed by atoms with E-state index < -0.39 is 0 Å². The highest BCUT2D eigenvalue weighted by Crippen LogP contribution is 2.17. The highest BCUT2D eigenvalue weighted by atomic mass is 16.1. The van der Waals surface area contributed by atoms with Crippen molar-refractivity contribution in [2.24, 2.45) is 5.73 Å². The number of rotatable bonds is 2. The summed E-state index contributed by atoms with van der Waals surface area (Å²) in [5.41, 5.74) is 6.97. The molecule has 1 aliphatic heterocycles. The number of benzene rings is 1. The van der Waals surface area contributed by atoms with Crippen molar-refractivity contribution < 1.29 is 4.79 Å². The molecule has 2 rings (SSSR count). The summed E-state index contributed by atoms with van der Waals surface area (Å²) in [6.07, 6.45) is 1.17.